The summed E-state index contributed by atoms with van der Waals surface area (Å²) in [7, 11) is -4.63. The summed E-state index contributed by atoms with van der Waals surface area (Å²) in [5, 5.41) is 18.4. The van der Waals surface area contributed by atoms with Crippen molar-refractivity contribution in [2.45, 2.75) is 251 Å². The smallest absolute Gasteiger partial charge is 0.462 e. The van der Waals surface area contributed by atoms with E-state index in [1.807, 2.05) is 0 Å². The monoisotopic (exact) mass is 899 g/mol. The highest BCUT2D eigenvalue weighted by molar-refractivity contribution is 7.47. The van der Waals surface area contributed by atoms with Gasteiger partial charge < -0.3 is 24.6 Å². The fraction of sp³-hybridized carbons (Fsp3) is 0.843. The lowest BCUT2D eigenvalue weighted by molar-refractivity contribution is -0.161. The highest BCUT2D eigenvalue weighted by atomic mass is 31.2. The van der Waals surface area contributed by atoms with Crippen LogP contribution in [0.15, 0.2) is 36.5 Å². The van der Waals surface area contributed by atoms with Gasteiger partial charge >= 0.3 is 19.8 Å². The van der Waals surface area contributed by atoms with Crippen molar-refractivity contribution in [3.63, 3.8) is 0 Å². The molecule has 0 aliphatic heterocycles. The normalized spacial score (nSPS) is 14.0. The predicted molar refractivity (Wildman–Crippen MR) is 256 cm³/mol. The molecule has 0 bridgehead atoms. The summed E-state index contributed by atoms with van der Waals surface area (Å²) in [4.78, 5) is 35.1. The summed E-state index contributed by atoms with van der Waals surface area (Å²) < 4.78 is 32.8. The van der Waals surface area contributed by atoms with E-state index in [0.29, 0.717) is 12.8 Å². The summed E-state index contributed by atoms with van der Waals surface area (Å²) >= 11 is 0. The van der Waals surface area contributed by atoms with Crippen LogP contribution < -0.4 is 0 Å². The lowest BCUT2D eigenvalue weighted by Crippen LogP contribution is -2.29. The maximum atomic E-state index is 12.7. The quantitative estimate of drug-likeness (QED) is 0.0233. The van der Waals surface area contributed by atoms with E-state index in [-0.39, 0.29) is 19.4 Å². The number of aliphatic hydroxyl groups is 2. The molecule has 364 valence electrons. The number of hydrogen-bond acceptors (Lipinski definition) is 9. The second kappa shape index (κ2) is 47.2. The maximum Gasteiger partial charge on any atom is 0.472 e. The van der Waals surface area contributed by atoms with E-state index in [4.69, 9.17) is 23.6 Å². The Morgan fingerprint density at radius 3 is 1.27 bits per heavy atom. The zero-order valence-corrected chi connectivity index (χ0v) is 40.7. The van der Waals surface area contributed by atoms with Crippen molar-refractivity contribution in [2.24, 2.45) is 0 Å². The zero-order chi connectivity index (χ0) is 45.5. The summed E-state index contributed by atoms with van der Waals surface area (Å²) in [6.45, 7) is 2.38. The van der Waals surface area contributed by atoms with Crippen LogP contribution in [0.25, 0.3) is 0 Å². The molecule has 0 saturated heterocycles. The molecular weight excluding hydrogens is 804 g/mol. The van der Waals surface area contributed by atoms with Gasteiger partial charge in [0.05, 0.1) is 19.8 Å². The Balaban J connectivity index is 4.16. The minimum absolute atomic E-state index is 0.169. The average Bonchev–Trinajstić information content (AvgIpc) is 3.26. The highest BCUT2D eigenvalue weighted by Gasteiger charge is 2.27. The number of carbonyl (C=O) groups excluding carboxylic acids is 2. The van der Waals surface area contributed by atoms with Crippen molar-refractivity contribution in [2.75, 3.05) is 26.4 Å². The molecular formula is C51H95O10P. The first-order valence-electron chi connectivity index (χ1n) is 25.4. The number of rotatable bonds is 48. The number of ether oxygens (including phenoxy) is 2. The van der Waals surface area contributed by atoms with Gasteiger partial charge in [0.15, 0.2) is 6.10 Å². The van der Waals surface area contributed by atoms with E-state index < -0.39 is 51.8 Å². The van der Waals surface area contributed by atoms with Gasteiger partial charge in [-0.3, -0.25) is 18.6 Å². The van der Waals surface area contributed by atoms with Crippen LogP contribution in [0.3, 0.4) is 0 Å². The van der Waals surface area contributed by atoms with Gasteiger partial charge in [-0.05, 0) is 70.6 Å². The molecule has 0 aromatic carbocycles. The third-order valence-electron chi connectivity index (χ3n) is 11.0. The van der Waals surface area contributed by atoms with Gasteiger partial charge in [-0.15, -0.1) is 0 Å². The summed E-state index contributed by atoms with van der Waals surface area (Å²) in [6, 6.07) is 0. The second-order valence-corrected chi connectivity index (χ2v) is 18.6. The fourth-order valence-corrected chi connectivity index (χ4v) is 7.87. The molecule has 10 nitrogen and oxygen atoms in total. The van der Waals surface area contributed by atoms with E-state index >= 15 is 0 Å². The molecule has 0 amide bonds. The lowest BCUT2D eigenvalue weighted by atomic mass is 10.0. The Hall–Kier alpha value is -1.81. The third kappa shape index (κ3) is 46.2. The Labute approximate surface area is 380 Å². The van der Waals surface area contributed by atoms with E-state index in [1.165, 1.54) is 141 Å². The van der Waals surface area contributed by atoms with E-state index in [2.05, 4.69) is 50.3 Å². The first kappa shape index (κ1) is 60.2. The number of hydrogen-bond donors (Lipinski definition) is 3. The predicted octanol–water partition coefficient (Wildman–Crippen LogP) is 14.3. The number of phosphoric acid groups is 1. The van der Waals surface area contributed by atoms with Crippen LogP contribution in [-0.4, -0.2) is 65.7 Å². The van der Waals surface area contributed by atoms with Gasteiger partial charge in [-0.2, -0.15) is 0 Å². The average molecular weight is 899 g/mol. The fourth-order valence-electron chi connectivity index (χ4n) is 7.08. The Bertz CT molecular complexity index is 1130. The molecule has 0 saturated carbocycles. The van der Waals surface area contributed by atoms with Crippen LogP contribution in [0.1, 0.15) is 239 Å². The molecule has 62 heavy (non-hydrogen) atoms. The van der Waals surface area contributed by atoms with Crippen molar-refractivity contribution in [1.82, 2.24) is 0 Å². The van der Waals surface area contributed by atoms with Crippen LogP contribution in [0.2, 0.25) is 0 Å². The van der Waals surface area contributed by atoms with Gasteiger partial charge in [0.2, 0.25) is 0 Å². The zero-order valence-electron chi connectivity index (χ0n) is 39.8. The van der Waals surface area contributed by atoms with Crippen LogP contribution in [0.5, 0.6) is 0 Å². The lowest BCUT2D eigenvalue weighted by Gasteiger charge is -2.20. The van der Waals surface area contributed by atoms with Gasteiger partial charge in [-0.1, -0.05) is 192 Å². The van der Waals surface area contributed by atoms with E-state index in [1.54, 1.807) is 0 Å². The molecule has 0 aromatic heterocycles. The molecule has 3 atom stereocenters. The molecule has 3 unspecified atom stereocenters. The highest BCUT2D eigenvalue weighted by Crippen LogP contribution is 2.43. The molecule has 0 aliphatic rings. The molecule has 0 fully saturated rings. The first-order valence-corrected chi connectivity index (χ1v) is 26.9. The standard InChI is InChI=1S/C51H95O10P/c1-3-5-7-9-11-13-15-17-19-21-22-23-24-25-26-27-29-30-32-34-36-38-40-42-50(54)58-46-49(47-60-62(56,57)59-45-48(53)44-52)61-51(55)43-41-39-37-35-33-31-28-20-18-16-14-12-10-8-6-4-2/h14,16,20-22,28,48-49,52-53H,3-13,15,17-19,23-27,29-47H2,1-2H3,(H,56,57)/b16-14-,22-21-,28-20-. The second-order valence-electron chi connectivity index (χ2n) is 17.2. The Morgan fingerprint density at radius 2 is 0.839 bits per heavy atom. The Kier molecular flexibility index (Phi) is 45.8. The van der Waals surface area contributed by atoms with Crippen molar-refractivity contribution in [3.05, 3.63) is 36.5 Å². The number of phosphoric ester groups is 1. The number of carbonyl (C=O) groups is 2. The molecule has 0 aromatic rings. The van der Waals surface area contributed by atoms with Crippen molar-refractivity contribution in [3.8, 4) is 0 Å². The SMILES string of the molecule is CCCCCC/C=C\C/C=C\CCCCCCCC(=O)OC(COC(=O)CCCCCCCCCCCCC/C=C\CCCCCCCCCC)COP(=O)(O)OCC(O)CO. The van der Waals surface area contributed by atoms with Crippen molar-refractivity contribution in [1.29, 1.82) is 0 Å². The Morgan fingerprint density at radius 1 is 0.484 bits per heavy atom. The third-order valence-corrected chi connectivity index (χ3v) is 12.0. The van der Waals surface area contributed by atoms with Crippen molar-refractivity contribution >= 4 is 19.8 Å². The topological polar surface area (TPSA) is 149 Å². The number of unbranched alkanes of at least 4 members (excludes halogenated alkanes) is 28. The van der Waals surface area contributed by atoms with Gasteiger partial charge in [-0.25, -0.2) is 4.57 Å². The summed E-state index contributed by atoms with van der Waals surface area (Å²) in [5.74, 6) is -0.934. The number of aliphatic hydroxyl groups excluding tert-OH is 2. The van der Waals surface area contributed by atoms with Gasteiger partial charge in [0, 0.05) is 12.8 Å². The minimum atomic E-state index is -4.63. The van der Waals surface area contributed by atoms with Crippen LogP contribution in [-0.2, 0) is 32.7 Å². The summed E-state index contributed by atoms with van der Waals surface area (Å²) in [5.41, 5.74) is 0. The first-order chi connectivity index (χ1) is 30.2. The maximum absolute atomic E-state index is 12.7. The molecule has 0 aliphatic carbocycles. The number of esters is 2. The molecule has 0 radical (unpaired) electrons. The van der Waals surface area contributed by atoms with Crippen LogP contribution >= 0.6 is 7.82 Å². The minimum Gasteiger partial charge on any atom is -0.462 e. The molecule has 3 N–H and O–H groups in total. The molecule has 0 rings (SSSR count). The molecule has 0 heterocycles. The van der Waals surface area contributed by atoms with Crippen LogP contribution in [0, 0.1) is 0 Å². The summed E-state index contributed by atoms with van der Waals surface area (Å²) in [6.07, 6.45) is 51.1. The van der Waals surface area contributed by atoms with Crippen molar-refractivity contribution < 1.29 is 47.8 Å². The van der Waals surface area contributed by atoms with Crippen LogP contribution in [0.4, 0.5) is 0 Å². The van der Waals surface area contributed by atoms with Gasteiger partial charge in [0.1, 0.15) is 12.7 Å². The van der Waals surface area contributed by atoms with E-state index in [0.717, 1.165) is 57.8 Å². The molecule has 11 heteroatoms. The number of allylic oxidation sites excluding steroid dienone is 6. The molecule has 0 spiro atoms. The largest absolute Gasteiger partial charge is 0.472 e. The van der Waals surface area contributed by atoms with E-state index in [9.17, 15) is 24.2 Å². The van der Waals surface area contributed by atoms with Gasteiger partial charge in [0.25, 0.3) is 0 Å².